The molecule has 4 heteroatoms. The van der Waals surface area contributed by atoms with Crippen LogP contribution in [0.3, 0.4) is 0 Å². The Morgan fingerprint density at radius 3 is 3.12 bits per heavy atom. The van der Waals surface area contributed by atoms with Gasteiger partial charge in [-0.1, -0.05) is 29.8 Å². The molecule has 0 aliphatic rings. The van der Waals surface area contributed by atoms with Crippen molar-refractivity contribution in [1.29, 1.82) is 0 Å². The van der Waals surface area contributed by atoms with E-state index in [0.29, 0.717) is 0 Å². The molecular formula is C12H11N3S. The van der Waals surface area contributed by atoms with E-state index in [1.165, 1.54) is 11.1 Å². The highest BCUT2D eigenvalue weighted by Gasteiger charge is 1.98. The van der Waals surface area contributed by atoms with Crippen molar-refractivity contribution < 1.29 is 0 Å². The summed E-state index contributed by atoms with van der Waals surface area (Å²) in [4.78, 5) is 3.87. The molecule has 0 aliphatic heterocycles. The minimum Gasteiger partial charge on any atom is -0.266 e. The molecule has 1 aromatic carbocycles. The third-order valence-corrected chi connectivity index (χ3v) is 2.31. The van der Waals surface area contributed by atoms with E-state index in [4.69, 9.17) is 0 Å². The van der Waals surface area contributed by atoms with Crippen molar-refractivity contribution in [3.8, 4) is 0 Å². The molecular weight excluding hydrogens is 218 g/mol. The van der Waals surface area contributed by atoms with Crippen molar-refractivity contribution >= 4 is 23.1 Å². The summed E-state index contributed by atoms with van der Waals surface area (Å²) >= 11 is 4.54. The fourth-order valence-electron chi connectivity index (χ4n) is 1.55. The van der Waals surface area contributed by atoms with E-state index in [1.54, 1.807) is 6.20 Å². The number of aliphatic imine (C=N–C) groups is 1. The van der Waals surface area contributed by atoms with Crippen molar-refractivity contribution in [1.82, 2.24) is 9.78 Å². The van der Waals surface area contributed by atoms with Crippen LogP contribution in [0.15, 0.2) is 41.7 Å². The van der Waals surface area contributed by atoms with Gasteiger partial charge < -0.3 is 0 Å². The van der Waals surface area contributed by atoms with Gasteiger partial charge in [0.2, 0.25) is 0 Å². The number of benzene rings is 1. The molecule has 0 radical (unpaired) electrons. The zero-order valence-electron chi connectivity index (χ0n) is 8.92. The van der Waals surface area contributed by atoms with Crippen molar-refractivity contribution in [2.75, 3.05) is 0 Å². The SMILES string of the molecule is Cc1cccc(Cn2cc(N=C=S)cn2)c1. The van der Waals surface area contributed by atoms with Crippen molar-refractivity contribution in [3.63, 3.8) is 0 Å². The molecule has 0 saturated heterocycles. The maximum Gasteiger partial charge on any atom is 0.112 e. The Hall–Kier alpha value is -1.77. The molecule has 0 amide bonds. The van der Waals surface area contributed by atoms with Crippen LogP contribution in [0.4, 0.5) is 5.69 Å². The highest BCUT2D eigenvalue weighted by molar-refractivity contribution is 7.78. The number of hydrogen-bond donors (Lipinski definition) is 0. The third-order valence-electron chi connectivity index (χ3n) is 2.22. The van der Waals surface area contributed by atoms with Gasteiger partial charge >= 0.3 is 0 Å². The highest BCUT2D eigenvalue weighted by atomic mass is 32.1. The molecule has 2 aromatic rings. The lowest BCUT2D eigenvalue weighted by Gasteiger charge is -2.02. The van der Waals surface area contributed by atoms with Gasteiger partial charge in [0.15, 0.2) is 0 Å². The molecule has 1 aromatic heterocycles. The van der Waals surface area contributed by atoms with E-state index >= 15 is 0 Å². The van der Waals surface area contributed by atoms with Crippen LogP contribution in [-0.2, 0) is 6.54 Å². The second-order valence-corrected chi connectivity index (χ2v) is 3.77. The molecule has 2 rings (SSSR count). The van der Waals surface area contributed by atoms with Crippen LogP contribution >= 0.6 is 12.2 Å². The number of nitrogens with zero attached hydrogens (tertiary/aromatic N) is 3. The lowest BCUT2D eigenvalue weighted by Crippen LogP contribution is -1.99. The standard InChI is InChI=1S/C12H11N3S/c1-10-3-2-4-11(5-10)7-15-8-12(6-14-15)13-9-16/h2-6,8H,7H2,1H3. The Labute approximate surface area is 99.4 Å². The quantitative estimate of drug-likeness (QED) is 0.598. The van der Waals surface area contributed by atoms with Gasteiger partial charge in [0.05, 0.1) is 24.1 Å². The summed E-state index contributed by atoms with van der Waals surface area (Å²) in [6, 6.07) is 8.35. The van der Waals surface area contributed by atoms with Crippen LogP contribution in [0.1, 0.15) is 11.1 Å². The lowest BCUT2D eigenvalue weighted by molar-refractivity contribution is 0.686. The maximum atomic E-state index is 4.54. The fraction of sp³-hybridized carbons (Fsp3) is 0.167. The van der Waals surface area contributed by atoms with Gasteiger partial charge in [-0.05, 0) is 24.7 Å². The Kier molecular flexibility index (Phi) is 3.25. The number of aromatic nitrogens is 2. The van der Waals surface area contributed by atoms with Crippen molar-refractivity contribution in [2.24, 2.45) is 4.99 Å². The maximum absolute atomic E-state index is 4.54. The first-order valence-corrected chi connectivity index (χ1v) is 5.34. The van der Waals surface area contributed by atoms with Gasteiger partial charge in [0.1, 0.15) is 5.69 Å². The van der Waals surface area contributed by atoms with Gasteiger partial charge in [0, 0.05) is 0 Å². The van der Waals surface area contributed by atoms with Crippen LogP contribution in [0.2, 0.25) is 0 Å². The highest BCUT2D eigenvalue weighted by Crippen LogP contribution is 2.11. The number of aryl methyl sites for hydroxylation is 1. The number of hydrogen-bond acceptors (Lipinski definition) is 3. The van der Waals surface area contributed by atoms with Gasteiger partial charge in [-0.15, -0.1) is 0 Å². The van der Waals surface area contributed by atoms with Crippen LogP contribution in [0.25, 0.3) is 0 Å². The fourth-order valence-corrected chi connectivity index (χ4v) is 1.65. The Balaban J connectivity index is 2.17. The van der Waals surface area contributed by atoms with Crippen LogP contribution in [0, 0.1) is 6.92 Å². The molecule has 1 heterocycles. The first-order valence-electron chi connectivity index (χ1n) is 4.94. The molecule has 0 unspecified atom stereocenters. The number of isothiocyanates is 1. The predicted octanol–water partition coefficient (Wildman–Crippen LogP) is 2.97. The molecule has 0 spiro atoms. The Morgan fingerprint density at radius 1 is 1.50 bits per heavy atom. The van der Waals surface area contributed by atoms with E-state index in [1.807, 2.05) is 16.9 Å². The lowest BCUT2D eigenvalue weighted by atomic mass is 10.1. The monoisotopic (exact) mass is 229 g/mol. The smallest absolute Gasteiger partial charge is 0.112 e. The zero-order valence-corrected chi connectivity index (χ0v) is 9.74. The summed E-state index contributed by atoms with van der Waals surface area (Å²) in [6.45, 7) is 2.82. The Morgan fingerprint density at radius 2 is 2.38 bits per heavy atom. The van der Waals surface area contributed by atoms with E-state index in [-0.39, 0.29) is 0 Å². The van der Waals surface area contributed by atoms with Gasteiger partial charge in [-0.3, -0.25) is 4.68 Å². The van der Waals surface area contributed by atoms with Gasteiger partial charge in [-0.2, -0.15) is 10.1 Å². The molecule has 80 valence electrons. The summed E-state index contributed by atoms with van der Waals surface area (Å²) in [5.41, 5.74) is 3.21. The third kappa shape index (κ3) is 2.63. The average Bonchev–Trinajstić information content (AvgIpc) is 2.66. The minimum atomic E-state index is 0.739. The summed E-state index contributed by atoms with van der Waals surface area (Å²) < 4.78 is 1.83. The van der Waals surface area contributed by atoms with E-state index in [0.717, 1.165) is 12.2 Å². The van der Waals surface area contributed by atoms with Crippen LogP contribution in [0.5, 0.6) is 0 Å². The topological polar surface area (TPSA) is 30.2 Å². The van der Waals surface area contributed by atoms with E-state index in [2.05, 4.69) is 52.6 Å². The molecule has 0 bridgehead atoms. The molecule has 0 fully saturated rings. The molecule has 3 nitrogen and oxygen atoms in total. The molecule has 0 saturated carbocycles. The second-order valence-electron chi connectivity index (χ2n) is 3.59. The molecule has 0 aliphatic carbocycles. The van der Waals surface area contributed by atoms with Crippen molar-refractivity contribution in [3.05, 3.63) is 47.8 Å². The second kappa shape index (κ2) is 4.84. The van der Waals surface area contributed by atoms with Crippen molar-refractivity contribution in [2.45, 2.75) is 13.5 Å². The predicted molar refractivity (Wildman–Crippen MR) is 67.2 cm³/mol. The summed E-state index contributed by atoms with van der Waals surface area (Å²) in [5.74, 6) is 0. The summed E-state index contributed by atoms with van der Waals surface area (Å²) in [7, 11) is 0. The van der Waals surface area contributed by atoms with E-state index in [9.17, 15) is 0 Å². The molecule has 0 atom stereocenters. The first kappa shape index (κ1) is 10.7. The van der Waals surface area contributed by atoms with Crippen LogP contribution in [-0.4, -0.2) is 14.9 Å². The van der Waals surface area contributed by atoms with E-state index < -0.39 is 0 Å². The Bertz CT molecular complexity index is 539. The first-order chi connectivity index (χ1) is 7.78. The number of rotatable bonds is 3. The minimum absolute atomic E-state index is 0.739. The summed E-state index contributed by atoms with van der Waals surface area (Å²) in [6.07, 6.45) is 3.52. The zero-order chi connectivity index (χ0) is 11.4. The van der Waals surface area contributed by atoms with Gasteiger partial charge in [0.25, 0.3) is 0 Å². The largest absolute Gasteiger partial charge is 0.266 e. The molecule has 16 heavy (non-hydrogen) atoms. The summed E-state index contributed by atoms with van der Waals surface area (Å²) in [5, 5.41) is 6.52. The average molecular weight is 229 g/mol. The number of thiocarbonyl (C=S) groups is 1. The van der Waals surface area contributed by atoms with Gasteiger partial charge in [-0.25, -0.2) is 0 Å². The normalized spacial score (nSPS) is 9.81. The van der Waals surface area contributed by atoms with Crippen LogP contribution < -0.4 is 0 Å². The molecule has 0 N–H and O–H groups in total.